The topological polar surface area (TPSA) is 62.7 Å². The van der Waals surface area contributed by atoms with Gasteiger partial charge in [-0.3, -0.25) is 4.79 Å². The maximum atomic E-state index is 9.96. The van der Waals surface area contributed by atoms with E-state index in [4.69, 9.17) is 5.32 Å². The summed E-state index contributed by atoms with van der Waals surface area (Å²) < 4.78 is 0. The average Bonchev–Trinajstić information content (AvgIpc) is 2.55. The summed E-state index contributed by atoms with van der Waals surface area (Å²) in [6, 6.07) is 11.4. The molecule has 1 aromatic carbocycles. The molecule has 0 amide bonds. The minimum absolute atomic E-state index is 0. The fourth-order valence-corrected chi connectivity index (χ4v) is 2.41. The molecule has 0 saturated heterocycles. The zero-order valence-corrected chi connectivity index (χ0v) is 17.0. The number of ketones is 1. The molecule has 2 aliphatic rings. The Balaban J connectivity index is 0.000000633. The quantitative estimate of drug-likeness (QED) is 0.428. The van der Waals surface area contributed by atoms with E-state index in [1.807, 2.05) is 25.1 Å². The van der Waals surface area contributed by atoms with Gasteiger partial charge in [-0.15, -0.1) is 35.9 Å². The van der Waals surface area contributed by atoms with Crippen LogP contribution in [0.25, 0.3) is 11.0 Å². The summed E-state index contributed by atoms with van der Waals surface area (Å²) >= 11 is 0. The van der Waals surface area contributed by atoms with Gasteiger partial charge in [0.05, 0.1) is 0 Å². The molecule has 1 atom stereocenters. The molecule has 1 heterocycles. The van der Waals surface area contributed by atoms with Crippen LogP contribution >= 0.6 is 0 Å². The van der Waals surface area contributed by atoms with Crippen LogP contribution in [0.15, 0.2) is 77.9 Å². The molecule has 0 saturated carbocycles. The Morgan fingerprint density at radius 3 is 2.60 bits per heavy atom. The van der Waals surface area contributed by atoms with Gasteiger partial charge >= 0.3 is 0 Å². The molecule has 1 aromatic rings. The molecular weight excluding hydrogens is 490 g/mol. The Bertz CT molecular complexity index is 713. The number of carbonyl (C=O) groups is 1. The first-order chi connectivity index (χ1) is 11.1. The van der Waals surface area contributed by atoms with Crippen molar-refractivity contribution in [2.75, 3.05) is 0 Å². The fraction of sp³-hybridized carbons (Fsp3) is 0.190. The van der Waals surface area contributed by atoms with Gasteiger partial charge in [-0.05, 0) is 26.8 Å². The molecule has 3 rings (SSSR count). The Hall–Kier alpha value is -2.00. The van der Waals surface area contributed by atoms with Crippen molar-refractivity contribution in [3.63, 3.8) is 0 Å². The summed E-state index contributed by atoms with van der Waals surface area (Å²) in [4.78, 5) is 9.96. The molecule has 0 spiro atoms. The predicted molar refractivity (Wildman–Crippen MR) is 100 cm³/mol. The van der Waals surface area contributed by atoms with Crippen LogP contribution in [-0.2, 0) is 24.9 Å². The van der Waals surface area contributed by atoms with E-state index < -0.39 is 0 Å². The van der Waals surface area contributed by atoms with Gasteiger partial charge in [-0.1, -0.05) is 48.1 Å². The molecule has 135 valence electrons. The summed E-state index contributed by atoms with van der Waals surface area (Å²) in [6.07, 6.45) is 13.8. The summed E-state index contributed by atoms with van der Waals surface area (Å²) in [6.45, 7) is 5.45. The van der Waals surface area contributed by atoms with Crippen molar-refractivity contribution in [1.29, 1.82) is 0 Å². The van der Waals surface area contributed by atoms with Crippen molar-refractivity contribution >= 4 is 11.5 Å². The zero-order valence-electron chi connectivity index (χ0n) is 14.6. The van der Waals surface area contributed by atoms with E-state index in [0.29, 0.717) is 0 Å². The number of allylic oxidation sites excluding steroid dienone is 6. The molecule has 4 heteroatoms. The van der Waals surface area contributed by atoms with E-state index >= 15 is 0 Å². The number of hydrogen-bond donors (Lipinski definition) is 0. The molecule has 1 aliphatic carbocycles. The Kier molecular flexibility index (Phi) is 10.6. The second kappa shape index (κ2) is 11.5. The van der Waals surface area contributed by atoms with Crippen LogP contribution in [0.5, 0.6) is 0 Å². The molecule has 1 aliphatic heterocycles. The van der Waals surface area contributed by atoms with E-state index in [1.54, 1.807) is 6.08 Å². The summed E-state index contributed by atoms with van der Waals surface area (Å²) in [5, 5.41) is 4.80. The molecule has 0 fully saturated rings. The second-order valence-corrected chi connectivity index (χ2v) is 5.38. The third-order valence-corrected chi connectivity index (χ3v) is 3.43. The SMILES string of the molecule is C/C=C/C(C)=O.CC1=C(c2[c-]cccc2)[N-]C2C=CC=CC2=C1.O.[Ir]. The molecule has 1 radical (unpaired) electrons. The molecule has 1 unspecified atom stereocenters. The largest absolute Gasteiger partial charge is 0.718 e. The average molecular weight is 514 g/mol. The van der Waals surface area contributed by atoms with Gasteiger partial charge in [0.15, 0.2) is 5.78 Å². The normalized spacial score (nSPS) is 17.2. The number of rotatable bonds is 2. The monoisotopic (exact) mass is 514 g/mol. The van der Waals surface area contributed by atoms with Crippen LogP contribution < -0.4 is 0 Å². The number of hydrogen-bond acceptors (Lipinski definition) is 1. The number of carbonyl (C=O) groups excluding carboxylic acids is 1. The van der Waals surface area contributed by atoms with E-state index in [1.165, 1.54) is 24.1 Å². The minimum Gasteiger partial charge on any atom is -0.718 e. The molecule has 0 aromatic heterocycles. The van der Waals surface area contributed by atoms with Gasteiger partial charge in [0, 0.05) is 20.1 Å². The Morgan fingerprint density at radius 1 is 1.28 bits per heavy atom. The zero-order chi connectivity index (χ0) is 16.7. The smallest absolute Gasteiger partial charge is 0.152 e. The van der Waals surface area contributed by atoms with Gasteiger partial charge < -0.3 is 10.8 Å². The van der Waals surface area contributed by atoms with Crippen molar-refractivity contribution in [1.82, 2.24) is 0 Å². The maximum absolute atomic E-state index is 9.96. The second-order valence-electron chi connectivity index (χ2n) is 5.38. The molecule has 25 heavy (non-hydrogen) atoms. The minimum atomic E-state index is 0. The van der Waals surface area contributed by atoms with Crippen LogP contribution in [0.1, 0.15) is 26.3 Å². The van der Waals surface area contributed by atoms with Gasteiger partial charge in [0.2, 0.25) is 0 Å². The summed E-state index contributed by atoms with van der Waals surface area (Å²) in [5.41, 5.74) is 4.60. The third-order valence-electron chi connectivity index (χ3n) is 3.43. The number of benzene rings is 1. The Morgan fingerprint density at radius 2 is 2.04 bits per heavy atom. The third kappa shape index (κ3) is 6.79. The van der Waals surface area contributed by atoms with Crippen molar-refractivity contribution in [3.8, 4) is 0 Å². The van der Waals surface area contributed by atoms with Crippen LogP contribution in [0.4, 0.5) is 0 Å². The Labute approximate surface area is 163 Å². The summed E-state index contributed by atoms with van der Waals surface area (Å²) in [5.74, 6) is 0.109. The first-order valence-electron chi connectivity index (χ1n) is 7.70. The van der Waals surface area contributed by atoms with Gasteiger partial charge in [-0.25, -0.2) is 5.70 Å². The fourth-order valence-electron chi connectivity index (χ4n) is 2.41. The molecule has 0 bridgehead atoms. The molecular formula is C21H23IrNO2-2. The van der Waals surface area contributed by atoms with Gasteiger partial charge in [-0.2, -0.15) is 5.56 Å². The number of nitrogens with zero attached hydrogens (tertiary/aromatic N) is 1. The van der Waals surface area contributed by atoms with E-state index in [0.717, 1.165) is 11.3 Å². The van der Waals surface area contributed by atoms with Gasteiger partial charge in [0.25, 0.3) is 0 Å². The van der Waals surface area contributed by atoms with Crippen LogP contribution in [0.2, 0.25) is 0 Å². The van der Waals surface area contributed by atoms with E-state index in [-0.39, 0.29) is 37.4 Å². The van der Waals surface area contributed by atoms with Crippen LogP contribution in [0, 0.1) is 6.07 Å². The summed E-state index contributed by atoms with van der Waals surface area (Å²) in [7, 11) is 0. The molecule has 2 N–H and O–H groups in total. The van der Waals surface area contributed by atoms with Crippen molar-refractivity contribution in [2.24, 2.45) is 0 Å². The van der Waals surface area contributed by atoms with Crippen molar-refractivity contribution in [2.45, 2.75) is 26.8 Å². The maximum Gasteiger partial charge on any atom is 0.152 e. The van der Waals surface area contributed by atoms with Crippen molar-refractivity contribution < 1.29 is 30.4 Å². The van der Waals surface area contributed by atoms with Crippen LogP contribution in [-0.4, -0.2) is 17.3 Å². The standard InChI is InChI=1S/C16H13N.C5H8O.Ir.H2O/c1-12-11-14-9-5-6-10-15(14)17-16(12)13-7-3-2-4-8-13;1-3-4-5(2)6;;/h2-7,9-11,15H,1H3;3-4H,1-2H3;;1H2/q-2;;;/b;4-3+;;. The predicted octanol–water partition coefficient (Wildman–Crippen LogP) is 4.35. The first-order valence-corrected chi connectivity index (χ1v) is 7.70. The van der Waals surface area contributed by atoms with Crippen molar-refractivity contribution in [3.05, 3.63) is 94.9 Å². The molecule has 3 nitrogen and oxygen atoms in total. The first kappa shape index (κ1) is 23.0. The van der Waals surface area contributed by atoms with E-state index in [9.17, 15) is 4.79 Å². The van der Waals surface area contributed by atoms with Gasteiger partial charge in [0.1, 0.15) is 0 Å². The van der Waals surface area contributed by atoms with Crippen LogP contribution in [0.3, 0.4) is 0 Å². The van der Waals surface area contributed by atoms with E-state index in [2.05, 4.69) is 49.4 Å². The number of fused-ring (bicyclic) bond motifs is 1.